The Kier molecular flexibility index (Phi) is 6.70. The van der Waals surface area contributed by atoms with Gasteiger partial charge < -0.3 is 24.1 Å². The van der Waals surface area contributed by atoms with Gasteiger partial charge in [0.2, 0.25) is 5.75 Å². The Morgan fingerprint density at radius 1 is 0.970 bits per heavy atom. The molecule has 1 amide bonds. The summed E-state index contributed by atoms with van der Waals surface area (Å²) in [5.74, 6) is 1.72. The Labute approximate surface area is 196 Å². The summed E-state index contributed by atoms with van der Waals surface area (Å²) in [5.41, 5.74) is 3.33. The maximum atomic E-state index is 13.0. The minimum absolute atomic E-state index is 0.248. The predicted octanol–water partition coefficient (Wildman–Crippen LogP) is 4.69. The fourth-order valence-corrected chi connectivity index (χ4v) is 3.81. The van der Waals surface area contributed by atoms with Crippen LogP contribution in [0.3, 0.4) is 0 Å². The lowest BCUT2D eigenvalue weighted by Crippen LogP contribution is -2.25. The zero-order valence-corrected chi connectivity index (χ0v) is 19.3. The molecule has 7 nitrogen and oxygen atoms in total. The van der Waals surface area contributed by atoms with Crippen LogP contribution in [0, 0.1) is 0 Å². The second-order valence-electron chi connectivity index (χ2n) is 7.33. The molecule has 1 N–H and O–H groups in total. The first-order chi connectivity index (χ1) is 16.0. The first-order valence-electron chi connectivity index (χ1n) is 10.3. The Bertz CT molecular complexity index is 1260. The minimum Gasteiger partial charge on any atom is -0.493 e. The quantitative estimate of drug-likeness (QED) is 0.408. The number of fused-ring (bicyclic) bond motifs is 1. The lowest BCUT2D eigenvalue weighted by molar-refractivity contribution is 0.0948. The Balaban J connectivity index is 1.61. The molecule has 0 radical (unpaired) electrons. The number of carbonyl (C=O) groups excluding carboxylic acids is 1. The van der Waals surface area contributed by atoms with E-state index in [1.165, 1.54) is 21.3 Å². The third-order valence-corrected chi connectivity index (χ3v) is 5.57. The van der Waals surface area contributed by atoms with Crippen molar-refractivity contribution in [2.24, 2.45) is 0 Å². The molecule has 0 aliphatic heterocycles. The number of benzene rings is 3. The third kappa shape index (κ3) is 4.73. The molecule has 0 bridgehead atoms. The third-order valence-electron chi connectivity index (χ3n) is 5.32. The Morgan fingerprint density at radius 2 is 1.64 bits per heavy atom. The number of hydrogen-bond donors (Lipinski definition) is 1. The van der Waals surface area contributed by atoms with Crippen molar-refractivity contribution in [1.29, 1.82) is 0 Å². The average Bonchev–Trinajstić information content (AvgIpc) is 3.20. The van der Waals surface area contributed by atoms with Crippen LogP contribution in [0.25, 0.3) is 11.0 Å². The number of methoxy groups -OCH3 is 3. The molecule has 0 spiro atoms. The number of aromatic nitrogens is 2. The first kappa shape index (κ1) is 22.5. The van der Waals surface area contributed by atoms with Gasteiger partial charge in [-0.3, -0.25) is 4.79 Å². The Hall–Kier alpha value is -3.71. The second-order valence-corrected chi connectivity index (χ2v) is 7.76. The van der Waals surface area contributed by atoms with Crippen LogP contribution in [-0.4, -0.2) is 36.8 Å². The molecule has 0 aliphatic carbocycles. The number of para-hydroxylation sites is 2. The molecule has 0 saturated carbocycles. The van der Waals surface area contributed by atoms with E-state index in [0.29, 0.717) is 34.4 Å². The summed E-state index contributed by atoms with van der Waals surface area (Å²) in [7, 11) is 4.54. The molecule has 4 rings (SSSR count). The zero-order valence-electron chi connectivity index (χ0n) is 18.6. The van der Waals surface area contributed by atoms with Gasteiger partial charge in [0.15, 0.2) is 11.5 Å². The highest BCUT2D eigenvalue weighted by molar-refractivity contribution is 6.30. The molecule has 8 heteroatoms. The highest BCUT2D eigenvalue weighted by Gasteiger charge is 2.18. The average molecular weight is 466 g/mol. The molecule has 0 unspecified atom stereocenters. The minimum atomic E-state index is -0.278. The number of nitrogens with zero attached hydrogens (tertiary/aromatic N) is 2. The van der Waals surface area contributed by atoms with E-state index in [0.717, 1.165) is 22.4 Å². The smallest absolute Gasteiger partial charge is 0.251 e. The van der Waals surface area contributed by atoms with Crippen molar-refractivity contribution < 1.29 is 19.0 Å². The SMILES string of the molecule is COc1cc(C(=O)NCc2nc3ccccc3n2Cc2ccc(Cl)cc2)cc(OC)c1OC. The van der Waals surface area contributed by atoms with E-state index in [2.05, 4.69) is 9.88 Å². The molecule has 1 aromatic heterocycles. The number of amides is 1. The highest BCUT2D eigenvalue weighted by atomic mass is 35.5. The molecular formula is C25H24ClN3O4. The predicted molar refractivity (Wildman–Crippen MR) is 128 cm³/mol. The van der Waals surface area contributed by atoms with E-state index in [1.807, 2.05) is 48.5 Å². The van der Waals surface area contributed by atoms with Gasteiger partial charge in [0, 0.05) is 17.1 Å². The molecule has 1 heterocycles. The molecule has 0 saturated heterocycles. The number of imidazole rings is 1. The van der Waals surface area contributed by atoms with Gasteiger partial charge in [-0.05, 0) is 42.0 Å². The van der Waals surface area contributed by atoms with E-state index < -0.39 is 0 Å². The molecule has 4 aromatic rings. The second kappa shape index (κ2) is 9.83. The topological polar surface area (TPSA) is 74.6 Å². The fraction of sp³-hybridized carbons (Fsp3) is 0.200. The monoisotopic (exact) mass is 465 g/mol. The molecule has 33 heavy (non-hydrogen) atoms. The fourth-order valence-electron chi connectivity index (χ4n) is 3.68. The van der Waals surface area contributed by atoms with Gasteiger partial charge in [-0.15, -0.1) is 0 Å². The number of ether oxygens (including phenoxy) is 3. The Morgan fingerprint density at radius 3 is 2.27 bits per heavy atom. The van der Waals surface area contributed by atoms with Gasteiger partial charge in [0.05, 0.1) is 38.9 Å². The van der Waals surface area contributed by atoms with Crippen LogP contribution < -0.4 is 19.5 Å². The standard InChI is InChI=1S/C25H24ClN3O4/c1-31-21-12-17(13-22(32-2)24(21)33-3)25(30)27-14-23-28-19-6-4-5-7-20(19)29(23)15-16-8-10-18(26)11-9-16/h4-13H,14-15H2,1-3H3,(H,27,30). The molecule has 3 aromatic carbocycles. The van der Waals surface area contributed by atoms with Crippen molar-refractivity contribution in [3.63, 3.8) is 0 Å². The number of rotatable bonds is 8. The molecule has 0 atom stereocenters. The van der Waals surface area contributed by atoms with E-state index >= 15 is 0 Å². The van der Waals surface area contributed by atoms with E-state index in [-0.39, 0.29) is 12.5 Å². The zero-order chi connectivity index (χ0) is 23.4. The van der Waals surface area contributed by atoms with Crippen LogP contribution in [0.2, 0.25) is 5.02 Å². The summed E-state index contributed by atoms with van der Waals surface area (Å²) in [6, 6.07) is 18.8. The number of hydrogen-bond acceptors (Lipinski definition) is 5. The normalized spacial score (nSPS) is 10.8. The first-order valence-corrected chi connectivity index (χ1v) is 10.7. The van der Waals surface area contributed by atoms with Crippen molar-refractivity contribution in [3.05, 3.63) is 82.6 Å². The van der Waals surface area contributed by atoms with Crippen LogP contribution in [0.5, 0.6) is 17.2 Å². The molecular weight excluding hydrogens is 442 g/mol. The van der Waals surface area contributed by atoms with Crippen molar-refractivity contribution in [2.75, 3.05) is 21.3 Å². The summed E-state index contributed by atoms with van der Waals surface area (Å²) in [6.07, 6.45) is 0. The lowest BCUT2D eigenvalue weighted by Gasteiger charge is -2.14. The molecule has 0 aliphatic rings. The largest absolute Gasteiger partial charge is 0.493 e. The van der Waals surface area contributed by atoms with Crippen LogP contribution >= 0.6 is 11.6 Å². The van der Waals surface area contributed by atoms with Gasteiger partial charge in [-0.25, -0.2) is 4.98 Å². The lowest BCUT2D eigenvalue weighted by atomic mass is 10.1. The summed E-state index contributed by atoms with van der Waals surface area (Å²) >= 11 is 6.03. The summed E-state index contributed by atoms with van der Waals surface area (Å²) in [4.78, 5) is 17.7. The number of halogens is 1. The van der Waals surface area contributed by atoms with Crippen molar-refractivity contribution in [2.45, 2.75) is 13.1 Å². The molecule has 0 fully saturated rings. The number of carbonyl (C=O) groups is 1. The van der Waals surface area contributed by atoms with Gasteiger partial charge >= 0.3 is 0 Å². The van der Waals surface area contributed by atoms with Crippen LogP contribution in [-0.2, 0) is 13.1 Å². The van der Waals surface area contributed by atoms with Gasteiger partial charge in [0.25, 0.3) is 5.91 Å². The van der Waals surface area contributed by atoms with E-state index in [1.54, 1.807) is 12.1 Å². The summed E-state index contributed by atoms with van der Waals surface area (Å²) in [6.45, 7) is 0.852. The van der Waals surface area contributed by atoms with Crippen molar-refractivity contribution >= 4 is 28.5 Å². The molecule has 170 valence electrons. The van der Waals surface area contributed by atoms with E-state index in [9.17, 15) is 4.79 Å². The van der Waals surface area contributed by atoms with Crippen LogP contribution in [0.1, 0.15) is 21.7 Å². The van der Waals surface area contributed by atoms with Gasteiger partial charge in [-0.2, -0.15) is 0 Å². The van der Waals surface area contributed by atoms with Gasteiger partial charge in [-0.1, -0.05) is 35.9 Å². The highest BCUT2D eigenvalue weighted by Crippen LogP contribution is 2.38. The number of nitrogens with one attached hydrogen (secondary N) is 1. The van der Waals surface area contributed by atoms with E-state index in [4.69, 9.17) is 30.8 Å². The maximum absolute atomic E-state index is 13.0. The van der Waals surface area contributed by atoms with Crippen LogP contribution in [0.15, 0.2) is 60.7 Å². The summed E-state index contributed by atoms with van der Waals surface area (Å²) in [5, 5.41) is 3.64. The maximum Gasteiger partial charge on any atom is 0.251 e. The van der Waals surface area contributed by atoms with Crippen LogP contribution in [0.4, 0.5) is 0 Å². The van der Waals surface area contributed by atoms with Gasteiger partial charge in [0.1, 0.15) is 5.82 Å². The van der Waals surface area contributed by atoms with Crippen molar-refractivity contribution in [1.82, 2.24) is 14.9 Å². The van der Waals surface area contributed by atoms with Crippen molar-refractivity contribution in [3.8, 4) is 17.2 Å². The summed E-state index contributed by atoms with van der Waals surface area (Å²) < 4.78 is 18.1.